The number of carbonyl (C=O) groups excluding carboxylic acids is 2. The first kappa shape index (κ1) is 28.4. The zero-order chi connectivity index (χ0) is 39.2. The van der Waals surface area contributed by atoms with Crippen LogP contribution < -0.4 is 24.3 Å². The number of aromatic amines is 2. The number of hydrogen-bond donors (Lipinski definition) is 3. The molecular weight excluding hydrogens is 664 g/mol. The fourth-order valence-corrected chi connectivity index (χ4v) is 6.67. The highest BCUT2D eigenvalue weighted by atomic mass is 16.7. The van der Waals surface area contributed by atoms with Gasteiger partial charge in [-0.05, 0) is 64.7 Å². The van der Waals surface area contributed by atoms with Gasteiger partial charge in [-0.25, -0.2) is 4.79 Å². The molecule has 0 saturated carbocycles. The predicted octanol–water partition coefficient (Wildman–Crippen LogP) is 5.77. The number of rotatable bonds is 7. The summed E-state index contributed by atoms with van der Waals surface area (Å²) in [6.45, 7) is -4.36. The number of para-hydroxylation sites is 2. The lowest BCUT2D eigenvalue weighted by atomic mass is 9.90. The lowest BCUT2D eigenvalue weighted by molar-refractivity contribution is -0.143. The van der Waals surface area contributed by atoms with E-state index in [1.165, 1.54) is 14.2 Å². The van der Waals surface area contributed by atoms with Crippen molar-refractivity contribution in [2.75, 3.05) is 27.7 Å². The third-order valence-electron chi connectivity index (χ3n) is 9.24. The topological polar surface area (TPSA) is 145 Å². The van der Waals surface area contributed by atoms with E-state index in [1.807, 2.05) is 60.8 Å². The van der Waals surface area contributed by atoms with Gasteiger partial charge < -0.3 is 38.4 Å². The summed E-state index contributed by atoms with van der Waals surface area (Å²) in [4.78, 5) is 35.6. The van der Waals surface area contributed by atoms with Crippen LogP contribution in [0.1, 0.15) is 39.5 Å². The average molecular weight is 705 g/mol. The summed E-state index contributed by atoms with van der Waals surface area (Å²) in [6.07, 6.45) is 4.34. The number of aromatic nitrogens is 2. The Morgan fingerprint density at radius 3 is 2.33 bits per heavy atom. The van der Waals surface area contributed by atoms with E-state index < -0.39 is 31.5 Å². The third-order valence-corrected chi connectivity index (χ3v) is 9.24. The van der Waals surface area contributed by atoms with Gasteiger partial charge in [0.15, 0.2) is 29.0 Å². The Labute approximate surface area is 304 Å². The van der Waals surface area contributed by atoms with Gasteiger partial charge in [-0.3, -0.25) is 15.1 Å². The van der Waals surface area contributed by atoms with Crippen molar-refractivity contribution in [3.63, 3.8) is 0 Å². The highest BCUT2D eigenvalue weighted by Crippen LogP contribution is 2.40. The summed E-state index contributed by atoms with van der Waals surface area (Å²) in [7, 11) is 2.72. The van der Waals surface area contributed by atoms with Crippen molar-refractivity contribution in [2.45, 2.75) is 31.0 Å². The van der Waals surface area contributed by atoms with Gasteiger partial charge in [0, 0.05) is 52.8 Å². The molecule has 6 aromatic rings. The molecule has 0 bridgehead atoms. The third kappa shape index (κ3) is 6.40. The maximum Gasteiger partial charge on any atom is 0.330 e. The van der Waals surface area contributed by atoms with Crippen molar-refractivity contribution in [3.05, 3.63) is 119 Å². The Bertz CT molecular complexity index is 2500. The summed E-state index contributed by atoms with van der Waals surface area (Å²) in [5.41, 5.74) is 6.51. The van der Waals surface area contributed by atoms with Crippen molar-refractivity contribution in [1.29, 1.82) is 0 Å². The first-order valence-electron chi connectivity index (χ1n) is 18.5. The molecule has 0 unspecified atom stereocenters. The van der Waals surface area contributed by atoms with E-state index in [4.69, 9.17) is 33.9 Å². The highest BCUT2D eigenvalue weighted by Gasteiger charge is 2.35. The van der Waals surface area contributed by atoms with Crippen molar-refractivity contribution < 1.29 is 43.5 Å². The van der Waals surface area contributed by atoms with Crippen LogP contribution in [0.25, 0.3) is 21.8 Å². The lowest BCUT2D eigenvalue weighted by Crippen LogP contribution is -2.45. The predicted molar refractivity (Wildman–Crippen MR) is 193 cm³/mol. The number of ether oxygens (including phenoxy) is 6. The summed E-state index contributed by atoms with van der Waals surface area (Å²) in [6, 6.07) is 24.5. The first-order valence-corrected chi connectivity index (χ1v) is 16.5. The minimum atomic E-state index is -2.18. The summed E-state index contributed by atoms with van der Waals surface area (Å²) < 4.78 is 60.6. The molecule has 264 valence electrons. The molecule has 5 heterocycles. The van der Waals surface area contributed by atoms with Crippen molar-refractivity contribution in [2.24, 2.45) is 4.99 Å². The molecule has 52 heavy (non-hydrogen) atoms. The van der Waals surface area contributed by atoms with Crippen molar-refractivity contribution >= 4 is 40.0 Å². The number of carbonyl (C=O) groups is 2. The van der Waals surface area contributed by atoms with Crippen LogP contribution >= 0.6 is 0 Å². The molecule has 0 fully saturated rings. The summed E-state index contributed by atoms with van der Waals surface area (Å²) in [5.74, 6) is 0.551. The molecule has 3 aliphatic heterocycles. The molecule has 12 heteroatoms. The molecule has 0 spiro atoms. The van der Waals surface area contributed by atoms with Gasteiger partial charge in [-0.2, -0.15) is 0 Å². The molecule has 9 rings (SSSR count). The Hall–Kier alpha value is -6.27. The number of fused-ring (bicyclic) bond motifs is 6. The maximum absolute atomic E-state index is 12.3. The molecule has 12 nitrogen and oxygen atoms in total. The summed E-state index contributed by atoms with van der Waals surface area (Å²) >= 11 is 0. The molecule has 3 N–H and O–H groups in total. The van der Waals surface area contributed by atoms with Gasteiger partial charge in [-0.1, -0.05) is 42.5 Å². The Morgan fingerprint density at radius 1 is 0.865 bits per heavy atom. The van der Waals surface area contributed by atoms with Crippen molar-refractivity contribution in [1.82, 2.24) is 15.3 Å². The Balaban J connectivity index is 0.000000157. The number of benzene rings is 4. The Kier molecular flexibility index (Phi) is 7.74. The second kappa shape index (κ2) is 14.2. The summed E-state index contributed by atoms with van der Waals surface area (Å²) in [5, 5.41) is 5.47. The normalized spacial score (nSPS) is 20.5. The van der Waals surface area contributed by atoms with Gasteiger partial charge in [0.2, 0.25) is 13.5 Å². The first-order chi connectivity index (χ1) is 26.9. The number of esters is 2. The van der Waals surface area contributed by atoms with Gasteiger partial charge in [-0.15, -0.1) is 0 Å². The van der Waals surface area contributed by atoms with E-state index in [9.17, 15) is 9.59 Å². The number of hydrogen-bond acceptors (Lipinski definition) is 10. The number of nitrogens with one attached hydrogen (secondary N) is 3. The molecule has 3 aliphatic rings. The Morgan fingerprint density at radius 2 is 1.56 bits per heavy atom. The molecule has 0 aliphatic carbocycles. The zero-order valence-electron chi connectivity index (χ0n) is 32.1. The van der Waals surface area contributed by atoms with Crippen LogP contribution in [0.2, 0.25) is 0 Å². The quantitative estimate of drug-likeness (QED) is 0.139. The van der Waals surface area contributed by atoms with E-state index >= 15 is 0 Å². The average Bonchev–Trinajstić information content (AvgIpc) is 3.94. The maximum atomic E-state index is 12.3. The van der Waals surface area contributed by atoms with E-state index in [0.717, 1.165) is 44.2 Å². The minimum Gasteiger partial charge on any atom is -0.468 e. The number of methoxy groups -OCH3 is 2. The number of nitrogens with zero attached hydrogens (tertiary/aromatic N) is 1. The molecule has 4 aromatic carbocycles. The van der Waals surface area contributed by atoms with Crippen LogP contribution in [-0.2, 0) is 31.9 Å². The smallest absolute Gasteiger partial charge is 0.330 e. The van der Waals surface area contributed by atoms with Crippen LogP contribution in [0.3, 0.4) is 0 Å². The van der Waals surface area contributed by atoms with Crippen LogP contribution in [0, 0.1) is 0 Å². The van der Waals surface area contributed by atoms with Gasteiger partial charge in [0.1, 0.15) is 11.5 Å². The van der Waals surface area contributed by atoms with Crippen LogP contribution in [-0.4, -0.2) is 67.9 Å². The molecular formula is C40H36N4O8. The van der Waals surface area contributed by atoms with Crippen molar-refractivity contribution in [3.8, 4) is 23.0 Å². The molecule has 0 amide bonds. The number of aliphatic imine (C=N–C) groups is 1. The lowest BCUT2D eigenvalue weighted by Gasteiger charge is -2.30. The molecule has 3 atom stereocenters. The molecule has 2 aromatic heterocycles. The van der Waals surface area contributed by atoms with Gasteiger partial charge in [0.05, 0.1) is 20.3 Å². The van der Waals surface area contributed by atoms with Crippen LogP contribution in [0.15, 0.2) is 96.1 Å². The van der Waals surface area contributed by atoms with E-state index in [0.29, 0.717) is 41.4 Å². The fourth-order valence-electron chi connectivity index (χ4n) is 6.67. The zero-order valence-corrected chi connectivity index (χ0v) is 28.1. The van der Waals surface area contributed by atoms with E-state index in [-0.39, 0.29) is 12.0 Å². The molecule has 0 radical (unpaired) electrons. The molecule has 0 saturated heterocycles. The standard InChI is InChI=1S/2C20H18N2O4/c1-24-20(23)15-9-13-12-4-2-3-5-14(12)21-19(13)18(22-15)11-6-7-16-17(8-11)26-10-25-16;1-24-20(23)17(9-14-11-22-16-5-3-2-4-15(14)16)21-10-13-6-7-18-19(8-13)26-12-25-18/h2-8,15,18,21-22H,9-10H2,1H3;2-8,10-11,17,22H,9,12H2,1H3/t15-,18-;17-/m11/s1/i10D2;12D2. The number of H-pyrrole nitrogens is 2. The van der Waals surface area contributed by atoms with Gasteiger partial charge in [0.25, 0.3) is 0 Å². The largest absolute Gasteiger partial charge is 0.468 e. The van der Waals surface area contributed by atoms with Crippen LogP contribution in [0.5, 0.6) is 23.0 Å². The minimum absolute atomic E-state index is 0.292. The fraction of sp³-hybridized carbons (Fsp3) is 0.225. The van der Waals surface area contributed by atoms with E-state index in [2.05, 4.69) is 20.3 Å². The highest BCUT2D eigenvalue weighted by molar-refractivity contribution is 5.88. The van der Waals surface area contributed by atoms with Crippen LogP contribution in [0.4, 0.5) is 0 Å². The van der Waals surface area contributed by atoms with E-state index in [1.54, 1.807) is 36.5 Å². The van der Waals surface area contributed by atoms with Gasteiger partial charge >= 0.3 is 11.9 Å². The SMILES string of the molecule is [2H]C1([2H])Oc2ccc(C=N[C@H](Cc3c[nH]c4ccccc34)C(=O)OC)cc2O1.[2H]C1([2H])Oc2ccc([C@H]3N[C@@H](C(=O)OC)Cc4c3[nH]c3ccccc43)cc2O1. The monoisotopic (exact) mass is 704 g/mol. The second-order valence-electron chi connectivity index (χ2n) is 12.3. The second-order valence-corrected chi connectivity index (χ2v) is 12.3.